The van der Waals surface area contributed by atoms with Crippen molar-refractivity contribution in [3.05, 3.63) is 93.9 Å². The quantitative estimate of drug-likeness (QED) is 0.363. The van der Waals surface area contributed by atoms with Gasteiger partial charge in [0, 0.05) is 29.9 Å². The monoisotopic (exact) mass is 453 g/mol. The Morgan fingerprint density at radius 3 is 2.71 bits per heavy atom. The zero-order valence-electron chi connectivity index (χ0n) is 19.0. The van der Waals surface area contributed by atoms with Crippen molar-refractivity contribution in [2.75, 3.05) is 5.32 Å². The summed E-state index contributed by atoms with van der Waals surface area (Å²) in [7, 11) is 1.92. The van der Waals surface area contributed by atoms with Crippen LogP contribution in [0.4, 0.5) is 5.69 Å². The molecule has 5 rings (SSSR count). The van der Waals surface area contributed by atoms with Gasteiger partial charge in [0.1, 0.15) is 11.3 Å². The number of carboxylic acid groups (broad SMARTS) is 1. The first-order chi connectivity index (χ1) is 16.3. The Morgan fingerprint density at radius 1 is 1.12 bits per heavy atom. The molecule has 0 saturated carbocycles. The van der Waals surface area contributed by atoms with Crippen LogP contribution in [0.15, 0.2) is 76.2 Å². The molecule has 7 heteroatoms. The highest BCUT2D eigenvalue weighted by Crippen LogP contribution is 2.32. The average molecular weight is 453 g/mol. The fourth-order valence-electron chi connectivity index (χ4n) is 4.28. The number of nitrogens with one attached hydrogen (secondary N) is 1. The number of nitrogens with zero attached hydrogens (tertiary/aromatic N) is 2. The zero-order chi connectivity index (χ0) is 24.0. The van der Waals surface area contributed by atoms with E-state index in [2.05, 4.69) is 10.3 Å². The Bertz CT molecular complexity index is 1630. The first kappa shape index (κ1) is 21.5. The van der Waals surface area contributed by atoms with Crippen molar-refractivity contribution in [2.24, 2.45) is 7.05 Å². The molecular formula is C27H23N3O4. The van der Waals surface area contributed by atoms with Gasteiger partial charge in [-0.15, -0.1) is 0 Å². The maximum absolute atomic E-state index is 13.1. The summed E-state index contributed by atoms with van der Waals surface area (Å²) in [4.78, 5) is 29.1. The maximum atomic E-state index is 13.1. The molecule has 1 unspecified atom stereocenters. The van der Waals surface area contributed by atoms with Crippen LogP contribution in [0.1, 0.15) is 34.5 Å². The van der Waals surface area contributed by atoms with Crippen LogP contribution in [0.25, 0.3) is 33.3 Å². The molecule has 5 aromatic rings. The highest BCUT2D eigenvalue weighted by Gasteiger charge is 2.18. The summed E-state index contributed by atoms with van der Waals surface area (Å²) in [6, 6.07) is 17.5. The number of para-hydroxylation sites is 1. The summed E-state index contributed by atoms with van der Waals surface area (Å²) in [5.41, 5.74) is 5.28. The Kier molecular flexibility index (Phi) is 5.17. The van der Waals surface area contributed by atoms with Gasteiger partial charge in [-0.1, -0.05) is 18.2 Å². The number of carboxylic acids is 1. The Morgan fingerprint density at radius 2 is 1.91 bits per heavy atom. The van der Waals surface area contributed by atoms with Gasteiger partial charge in [-0.05, 0) is 55.8 Å². The second kappa shape index (κ2) is 8.19. The molecule has 0 saturated heterocycles. The van der Waals surface area contributed by atoms with Gasteiger partial charge in [0.05, 0.1) is 34.4 Å². The second-order valence-corrected chi connectivity index (χ2v) is 8.48. The molecule has 0 amide bonds. The summed E-state index contributed by atoms with van der Waals surface area (Å²) in [5, 5.41) is 13.3. The molecule has 3 aromatic carbocycles. The number of hydrogen-bond donors (Lipinski definition) is 2. The molecule has 34 heavy (non-hydrogen) atoms. The number of anilines is 1. The standard InChI is InChI=1S/C27H23N3O4/c1-15-10-19(16(2)29-21-7-5-4-6-18(21)27(32)33)26-20(11-15)24(31)13-25(34-26)17-8-9-22-23(12-17)30(3)14-28-22/h4-14,16,29H,1-3H3,(H,32,33). The average Bonchev–Trinajstić information content (AvgIpc) is 3.19. The highest BCUT2D eigenvalue weighted by molar-refractivity contribution is 5.94. The largest absolute Gasteiger partial charge is 0.478 e. The number of imidazole rings is 1. The summed E-state index contributed by atoms with van der Waals surface area (Å²) >= 11 is 0. The molecule has 0 radical (unpaired) electrons. The van der Waals surface area contributed by atoms with Crippen LogP contribution < -0.4 is 10.7 Å². The first-order valence-corrected chi connectivity index (χ1v) is 10.9. The normalized spacial score (nSPS) is 12.2. The van der Waals surface area contributed by atoms with Crippen LogP contribution in [0.3, 0.4) is 0 Å². The summed E-state index contributed by atoms with van der Waals surface area (Å²) in [6.07, 6.45) is 1.74. The Labute approximate surface area is 195 Å². The minimum absolute atomic E-state index is 0.135. The second-order valence-electron chi connectivity index (χ2n) is 8.48. The summed E-state index contributed by atoms with van der Waals surface area (Å²) in [6.45, 7) is 3.84. The molecular weight excluding hydrogens is 430 g/mol. The number of aryl methyl sites for hydroxylation is 2. The van der Waals surface area contributed by atoms with Crippen LogP contribution >= 0.6 is 0 Å². The molecule has 0 aliphatic carbocycles. The smallest absolute Gasteiger partial charge is 0.337 e. The van der Waals surface area contributed by atoms with Crippen LogP contribution in [0.5, 0.6) is 0 Å². The van der Waals surface area contributed by atoms with Crippen LogP contribution in [0, 0.1) is 6.92 Å². The predicted molar refractivity (Wildman–Crippen MR) is 132 cm³/mol. The lowest BCUT2D eigenvalue weighted by Crippen LogP contribution is -2.12. The van der Waals surface area contributed by atoms with E-state index >= 15 is 0 Å². The molecule has 7 nitrogen and oxygen atoms in total. The molecule has 2 heterocycles. The molecule has 0 spiro atoms. The summed E-state index contributed by atoms with van der Waals surface area (Å²) < 4.78 is 8.25. The molecule has 1 atom stereocenters. The van der Waals surface area contributed by atoms with E-state index in [9.17, 15) is 14.7 Å². The van der Waals surface area contributed by atoms with Crippen LogP contribution in [0.2, 0.25) is 0 Å². The molecule has 0 fully saturated rings. The van der Waals surface area contributed by atoms with E-state index in [4.69, 9.17) is 4.42 Å². The number of aromatic nitrogens is 2. The highest BCUT2D eigenvalue weighted by atomic mass is 16.4. The van der Waals surface area contributed by atoms with E-state index < -0.39 is 5.97 Å². The topological polar surface area (TPSA) is 97.4 Å². The third-order valence-corrected chi connectivity index (χ3v) is 6.01. The number of benzene rings is 3. The van der Waals surface area contributed by atoms with Gasteiger partial charge < -0.3 is 19.4 Å². The van der Waals surface area contributed by atoms with E-state index in [-0.39, 0.29) is 17.0 Å². The van der Waals surface area contributed by atoms with Crippen molar-refractivity contribution in [1.82, 2.24) is 9.55 Å². The zero-order valence-corrected chi connectivity index (χ0v) is 19.0. The van der Waals surface area contributed by atoms with Crippen molar-refractivity contribution in [2.45, 2.75) is 19.9 Å². The van der Waals surface area contributed by atoms with Gasteiger partial charge in [-0.2, -0.15) is 0 Å². The third-order valence-electron chi connectivity index (χ3n) is 6.01. The van der Waals surface area contributed by atoms with Crippen LogP contribution in [-0.2, 0) is 7.05 Å². The number of carbonyl (C=O) groups is 1. The lowest BCUT2D eigenvalue weighted by Gasteiger charge is -2.19. The maximum Gasteiger partial charge on any atom is 0.337 e. The van der Waals surface area contributed by atoms with E-state index in [1.54, 1.807) is 30.6 Å². The lowest BCUT2D eigenvalue weighted by molar-refractivity contribution is 0.0698. The van der Waals surface area contributed by atoms with E-state index in [1.807, 2.05) is 55.8 Å². The van der Waals surface area contributed by atoms with Crippen molar-refractivity contribution in [3.8, 4) is 11.3 Å². The minimum atomic E-state index is -1.01. The molecule has 0 bridgehead atoms. The van der Waals surface area contributed by atoms with Crippen molar-refractivity contribution >= 4 is 33.7 Å². The molecule has 0 aliphatic heterocycles. The van der Waals surface area contributed by atoms with Crippen molar-refractivity contribution in [1.29, 1.82) is 0 Å². The number of fused-ring (bicyclic) bond motifs is 2. The lowest BCUT2D eigenvalue weighted by atomic mass is 10.00. The predicted octanol–water partition coefficient (Wildman–Crippen LogP) is 5.53. The SMILES string of the molecule is Cc1cc(C(C)Nc2ccccc2C(=O)O)c2oc(-c3ccc4ncn(C)c4c3)cc(=O)c2c1. The number of aromatic carboxylic acids is 1. The fraction of sp³-hybridized carbons (Fsp3) is 0.148. The Balaban J connectivity index is 1.65. The number of rotatable bonds is 5. The van der Waals surface area contributed by atoms with Gasteiger partial charge in [-0.25, -0.2) is 9.78 Å². The van der Waals surface area contributed by atoms with Gasteiger partial charge in [-0.3, -0.25) is 4.79 Å². The molecule has 170 valence electrons. The van der Waals surface area contributed by atoms with Crippen molar-refractivity contribution < 1.29 is 14.3 Å². The molecule has 2 N–H and O–H groups in total. The molecule has 0 aliphatic rings. The third kappa shape index (κ3) is 3.71. The molecule has 2 aromatic heterocycles. The van der Waals surface area contributed by atoms with E-state index in [0.717, 1.165) is 27.7 Å². The summed E-state index contributed by atoms with van der Waals surface area (Å²) in [5.74, 6) is -0.549. The van der Waals surface area contributed by atoms with Gasteiger partial charge in [0.25, 0.3) is 0 Å². The Hall–Kier alpha value is -4.39. The van der Waals surface area contributed by atoms with Gasteiger partial charge in [0.2, 0.25) is 0 Å². The number of hydrogen-bond acceptors (Lipinski definition) is 5. The van der Waals surface area contributed by atoms with Gasteiger partial charge in [0.15, 0.2) is 5.43 Å². The first-order valence-electron chi connectivity index (χ1n) is 10.9. The van der Waals surface area contributed by atoms with Crippen LogP contribution in [-0.4, -0.2) is 20.6 Å². The van der Waals surface area contributed by atoms with Gasteiger partial charge >= 0.3 is 5.97 Å². The van der Waals surface area contributed by atoms with E-state index in [0.29, 0.717) is 22.4 Å². The minimum Gasteiger partial charge on any atom is -0.478 e. The fourth-order valence-corrected chi connectivity index (χ4v) is 4.28. The van der Waals surface area contributed by atoms with Crippen molar-refractivity contribution in [3.63, 3.8) is 0 Å². The van der Waals surface area contributed by atoms with E-state index in [1.165, 1.54) is 6.07 Å².